The molecule has 0 aliphatic heterocycles. The Morgan fingerprint density at radius 3 is 2.42 bits per heavy atom. The van der Waals surface area contributed by atoms with Gasteiger partial charge >= 0.3 is 0 Å². The van der Waals surface area contributed by atoms with E-state index in [4.69, 9.17) is 5.73 Å². The molecular formula is C21H33N3. The zero-order valence-corrected chi connectivity index (χ0v) is 15.8. The summed E-state index contributed by atoms with van der Waals surface area (Å²) in [5, 5.41) is 6.57. The van der Waals surface area contributed by atoms with E-state index < -0.39 is 0 Å². The molecule has 0 unspecified atom stereocenters. The molecule has 0 atom stereocenters. The second kappa shape index (κ2) is 8.62. The van der Waals surface area contributed by atoms with Crippen LogP contribution in [0.3, 0.4) is 0 Å². The summed E-state index contributed by atoms with van der Waals surface area (Å²) in [6, 6.07) is 6.22. The zero-order chi connectivity index (χ0) is 18.3. The van der Waals surface area contributed by atoms with Gasteiger partial charge in [-0.1, -0.05) is 52.6 Å². The van der Waals surface area contributed by atoms with Gasteiger partial charge in [0, 0.05) is 28.9 Å². The lowest BCUT2D eigenvalue weighted by molar-refractivity contribution is 0.381. The van der Waals surface area contributed by atoms with Crippen molar-refractivity contribution in [3.63, 3.8) is 0 Å². The van der Waals surface area contributed by atoms with Crippen LogP contribution in [0, 0.1) is 5.41 Å². The summed E-state index contributed by atoms with van der Waals surface area (Å²) in [6.07, 6.45) is 3.07. The lowest BCUT2D eigenvalue weighted by Crippen LogP contribution is -2.27. The first-order chi connectivity index (χ1) is 11.2. The highest BCUT2D eigenvalue weighted by atomic mass is 15.0. The molecule has 0 radical (unpaired) electrons. The summed E-state index contributed by atoms with van der Waals surface area (Å²) in [5.74, 6) is 0.437. The number of hydrogen-bond donors (Lipinski definition) is 3. The summed E-state index contributed by atoms with van der Waals surface area (Å²) in [5.41, 5.74) is 11.2. The Morgan fingerprint density at radius 2 is 1.88 bits per heavy atom. The van der Waals surface area contributed by atoms with Gasteiger partial charge in [-0.05, 0) is 43.4 Å². The minimum Gasteiger partial charge on any atom is -0.388 e. The van der Waals surface area contributed by atoms with Crippen molar-refractivity contribution in [3.8, 4) is 0 Å². The van der Waals surface area contributed by atoms with Crippen LogP contribution in [0.4, 0.5) is 5.69 Å². The first-order valence-electron chi connectivity index (χ1n) is 8.61. The van der Waals surface area contributed by atoms with Crippen LogP contribution in [-0.4, -0.2) is 6.54 Å². The zero-order valence-electron chi connectivity index (χ0n) is 15.8. The van der Waals surface area contributed by atoms with Gasteiger partial charge in [0.15, 0.2) is 0 Å². The van der Waals surface area contributed by atoms with Crippen LogP contribution in [0.2, 0.25) is 0 Å². The molecule has 0 saturated heterocycles. The van der Waals surface area contributed by atoms with Crippen LogP contribution < -0.4 is 16.4 Å². The van der Waals surface area contributed by atoms with Crippen molar-refractivity contribution in [2.24, 2.45) is 11.1 Å². The normalized spacial score (nSPS) is 11.0. The van der Waals surface area contributed by atoms with E-state index >= 15 is 0 Å². The first kappa shape index (κ1) is 19.9. The predicted octanol–water partition coefficient (Wildman–Crippen LogP) is 5.03. The van der Waals surface area contributed by atoms with Gasteiger partial charge in [0.25, 0.3) is 0 Å². The molecule has 3 heteroatoms. The van der Waals surface area contributed by atoms with Crippen LogP contribution in [-0.2, 0) is 6.42 Å². The van der Waals surface area contributed by atoms with Gasteiger partial charge < -0.3 is 16.4 Å². The summed E-state index contributed by atoms with van der Waals surface area (Å²) in [4.78, 5) is 0. The van der Waals surface area contributed by atoms with Gasteiger partial charge in [-0.3, -0.25) is 0 Å². The number of nitrogens with one attached hydrogen (secondary N) is 2. The molecule has 3 nitrogen and oxygen atoms in total. The van der Waals surface area contributed by atoms with Crippen molar-refractivity contribution in [1.29, 1.82) is 0 Å². The Labute approximate surface area is 147 Å². The molecule has 4 N–H and O–H groups in total. The molecule has 0 aromatic heterocycles. The van der Waals surface area contributed by atoms with Gasteiger partial charge in [-0.2, -0.15) is 0 Å². The Kier molecular flexibility index (Phi) is 7.15. The van der Waals surface area contributed by atoms with E-state index in [1.807, 2.05) is 19.1 Å². The lowest BCUT2D eigenvalue weighted by atomic mass is 9.82. The highest BCUT2D eigenvalue weighted by Crippen LogP contribution is 2.33. The average molecular weight is 328 g/mol. The van der Waals surface area contributed by atoms with Gasteiger partial charge in [0.2, 0.25) is 0 Å². The molecule has 0 saturated carbocycles. The molecule has 0 fully saturated rings. The fraction of sp³-hybridized carbons (Fsp3) is 0.429. The maximum absolute atomic E-state index is 5.72. The number of anilines is 1. The monoisotopic (exact) mass is 327 g/mol. The van der Waals surface area contributed by atoms with Crippen molar-refractivity contribution in [3.05, 3.63) is 60.6 Å². The van der Waals surface area contributed by atoms with Gasteiger partial charge in [-0.25, -0.2) is 0 Å². The van der Waals surface area contributed by atoms with E-state index in [0.717, 1.165) is 48.3 Å². The van der Waals surface area contributed by atoms with Crippen LogP contribution >= 0.6 is 0 Å². The third-order valence-corrected chi connectivity index (χ3v) is 4.30. The van der Waals surface area contributed by atoms with Crippen LogP contribution in [0.1, 0.15) is 51.7 Å². The maximum atomic E-state index is 5.72. The Hall–Kier alpha value is -2.16. The number of aryl methyl sites for hydroxylation is 1. The van der Waals surface area contributed by atoms with Gasteiger partial charge in [-0.15, -0.1) is 0 Å². The van der Waals surface area contributed by atoms with E-state index in [1.54, 1.807) is 0 Å². The molecule has 1 aromatic rings. The van der Waals surface area contributed by atoms with E-state index in [2.05, 4.69) is 57.2 Å². The van der Waals surface area contributed by atoms with Crippen molar-refractivity contribution in [2.45, 2.75) is 47.0 Å². The molecule has 0 aliphatic carbocycles. The highest BCUT2D eigenvalue weighted by molar-refractivity contribution is 5.77. The number of benzene rings is 1. The fourth-order valence-electron chi connectivity index (χ4n) is 2.70. The van der Waals surface area contributed by atoms with Crippen molar-refractivity contribution in [2.75, 3.05) is 11.9 Å². The molecule has 0 bridgehead atoms. The second-order valence-corrected chi connectivity index (χ2v) is 7.06. The van der Waals surface area contributed by atoms with Crippen LogP contribution in [0.5, 0.6) is 0 Å². The number of allylic oxidation sites excluding steroid dienone is 2. The molecule has 24 heavy (non-hydrogen) atoms. The number of rotatable bonds is 10. The van der Waals surface area contributed by atoms with E-state index in [0.29, 0.717) is 5.82 Å². The van der Waals surface area contributed by atoms with E-state index in [-0.39, 0.29) is 5.41 Å². The maximum Gasteiger partial charge on any atom is 0.0930 e. The molecular weight excluding hydrogens is 294 g/mol. The van der Waals surface area contributed by atoms with E-state index in [9.17, 15) is 0 Å². The third kappa shape index (κ3) is 5.48. The summed E-state index contributed by atoms with van der Waals surface area (Å²) >= 11 is 0. The lowest BCUT2D eigenvalue weighted by Gasteiger charge is -2.29. The first-order valence-corrected chi connectivity index (χ1v) is 8.61. The minimum absolute atomic E-state index is 0.0302. The van der Waals surface area contributed by atoms with Crippen LogP contribution in [0.25, 0.3) is 5.57 Å². The largest absolute Gasteiger partial charge is 0.388 e. The number of nitrogens with two attached hydrogens (primary N) is 1. The number of hydrogen-bond acceptors (Lipinski definition) is 3. The Morgan fingerprint density at radius 1 is 1.21 bits per heavy atom. The highest BCUT2D eigenvalue weighted by Gasteiger charge is 2.22. The predicted molar refractivity (Wildman–Crippen MR) is 108 cm³/mol. The fourth-order valence-corrected chi connectivity index (χ4v) is 2.70. The average Bonchev–Trinajstić information content (AvgIpc) is 2.49. The topological polar surface area (TPSA) is 50.1 Å². The molecule has 0 amide bonds. The molecule has 0 heterocycles. The van der Waals surface area contributed by atoms with Gasteiger partial charge in [0.1, 0.15) is 0 Å². The summed E-state index contributed by atoms with van der Waals surface area (Å²) in [6.45, 7) is 21.7. The van der Waals surface area contributed by atoms with Crippen molar-refractivity contribution >= 4 is 11.3 Å². The summed E-state index contributed by atoms with van der Waals surface area (Å²) in [7, 11) is 0. The summed E-state index contributed by atoms with van der Waals surface area (Å²) < 4.78 is 0. The Balaban J connectivity index is 2.96. The second-order valence-electron chi connectivity index (χ2n) is 7.06. The Bertz CT molecular complexity index is 612. The molecule has 0 aliphatic rings. The van der Waals surface area contributed by atoms with E-state index in [1.165, 1.54) is 5.56 Å². The third-order valence-electron chi connectivity index (χ3n) is 4.30. The smallest absolute Gasteiger partial charge is 0.0930 e. The molecule has 132 valence electrons. The van der Waals surface area contributed by atoms with Crippen molar-refractivity contribution in [1.82, 2.24) is 5.32 Å². The quantitative estimate of drug-likeness (QED) is 0.564. The molecule has 1 aromatic carbocycles. The van der Waals surface area contributed by atoms with Crippen LogP contribution in [0.15, 0.2) is 49.5 Å². The standard InChI is InChI=1S/C21H33N3/c1-8-14-23-16(4)21(6,7)13-12-18-10-9-11-19(24-17(5)22)20(18)15(2)3/h9-11,23-24H,2,4-5,8,12-14,22H2,1,3,6-7H3. The van der Waals surface area contributed by atoms with Crippen molar-refractivity contribution < 1.29 is 0 Å². The molecule has 0 spiro atoms. The molecule has 1 rings (SSSR count). The minimum atomic E-state index is 0.0302. The van der Waals surface area contributed by atoms with Gasteiger partial charge in [0.05, 0.1) is 5.82 Å². The SMILES string of the molecule is C=C(N)Nc1cccc(CCC(C)(C)C(=C)NCCC)c1C(=C)C.